The molecule has 1 unspecified atom stereocenters. The van der Waals surface area contributed by atoms with Gasteiger partial charge in [0.1, 0.15) is 11.5 Å². The molecule has 2 rings (SSSR count). The molecule has 1 aliphatic carbocycles. The highest BCUT2D eigenvalue weighted by atomic mass is 79.9. The van der Waals surface area contributed by atoms with Crippen LogP contribution in [0.15, 0.2) is 39.3 Å². The number of hydrogen-bond donors (Lipinski definition) is 3. The van der Waals surface area contributed by atoms with E-state index in [-0.39, 0.29) is 24.2 Å². The molecule has 0 saturated heterocycles. The number of allylic oxidation sites excluding steroid dienone is 3. The predicted molar refractivity (Wildman–Crippen MR) is 122 cm³/mol. The Balaban J connectivity index is 1.88. The number of hydrogen-bond acceptors (Lipinski definition) is 4. The molecule has 7 heteroatoms. The smallest absolute Gasteiger partial charge is 0.303 e. The van der Waals surface area contributed by atoms with Crippen molar-refractivity contribution in [3.05, 3.63) is 46.4 Å². The number of carbonyl (C=O) groups is 1. The van der Waals surface area contributed by atoms with Gasteiger partial charge in [-0.05, 0) is 78.8 Å². The molecular formula is C23H32BBrO5. The predicted octanol–water partition coefficient (Wildman–Crippen LogP) is 4.60. The normalized spacial score (nSPS) is 25.5. The first kappa shape index (κ1) is 25.0. The minimum absolute atomic E-state index is 0.0569. The minimum atomic E-state index is -0.779. The van der Waals surface area contributed by atoms with E-state index < -0.39 is 18.2 Å². The molecular weight excluding hydrogens is 447 g/mol. The van der Waals surface area contributed by atoms with Crippen LogP contribution in [0.3, 0.4) is 0 Å². The van der Waals surface area contributed by atoms with Crippen LogP contribution in [0.1, 0.15) is 50.0 Å². The number of rotatable bonds is 12. The molecule has 5 nitrogen and oxygen atoms in total. The van der Waals surface area contributed by atoms with Gasteiger partial charge in [-0.3, -0.25) is 4.79 Å². The van der Waals surface area contributed by atoms with Gasteiger partial charge < -0.3 is 19.7 Å². The van der Waals surface area contributed by atoms with Crippen molar-refractivity contribution >= 4 is 29.7 Å². The van der Waals surface area contributed by atoms with E-state index in [1.165, 1.54) is 0 Å². The van der Waals surface area contributed by atoms with Crippen molar-refractivity contribution in [1.29, 1.82) is 0 Å². The number of aryl methyl sites for hydroxylation is 2. The van der Waals surface area contributed by atoms with E-state index in [1.54, 1.807) is 0 Å². The maximum absolute atomic E-state index is 10.6. The molecule has 1 aromatic heterocycles. The van der Waals surface area contributed by atoms with Crippen LogP contribution in [0, 0.1) is 24.7 Å². The Kier molecular flexibility index (Phi) is 10.4. The summed E-state index contributed by atoms with van der Waals surface area (Å²) in [6, 6.07) is 1.93. The number of carboxylic acid groups (broad SMARTS) is 1. The van der Waals surface area contributed by atoms with Gasteiger partial charge in [-0.2, -0.15) is 0 Å². The molecule has 1 aromatic rings. The van der Waals surface area contributed by atoms with Gasteiger partial charge in [0.25, 0.3) is 0 Å². The third-order valence-corrected chi connectivity index (χ3v) is 6.65. The second kappa shape index (κ2) is 12.5. The number of halogens is 1. The summed E-state index contributed by atoms with van der Waals surface area (Å²) >= 11 is 3.43. The Morgan fingerprint density at radius 1 is 1.43 bits per heavy atom. The maximum Gasteiger partial charge on any atom is 0.303 e. The number of aliphatic carboxylic acids is 1. The molecule has 1 saturated carbocycles. The lowest BCUT2D eigenvalue weighted by Crippen LogP contribution is -2.19. The molecule has 164 valence electrons. The second-order valence-corrected chi connectivity index (χ2v) is 9.00. The van der Waals surface area contributed by atoms with Crippen LogP contribution in [-0.2, 0) is 11.2 Å². The van der Waals surface area contributed by atoms with Gasteiger partial charge in [0.2, 0.25) is 0 Å². The fourth-order valence-electron chi connectivity index (χ4n) is 4.14. The topological polar surface area (TPSA) is 90.9 Å². The van der Waals surface area contributed by atoms with Crippen molar-refractivity contribution in [1.82, 2.24) is 0 Å². The van der Waals surface area contributed by atoms with Crippen LogP contribution in [0.4, 0.5) is 0 Å². The van der Waals surface area contributed by atoms with Gasteiger partial charge in [-0.1, -0.05) is 30.6 Å². The number of unbranched alkanes of at least 4 members (excludes halogenated alkanes) is 1. The van der Waals surface area contributed by atoms with Crippen molar-refractivity contribution in [2.75, 3.05) is 0 Å². The van der Waals surface area contributed by atoms with E-state index in [0.717, 1.165) is 28.8 Å². The van der Waals surface area contributed by atoms with E-state index >= 15 is 0 Å². The van der Waals surface area contributed by atoms with Gasteiger partial charge >= 0.3 is 5.97 Å². The molecule has 2 radical (unpaired) electrons. The first-order chi connectivity index (χ1) is 14.3. The van der Waals surface area contributed by atoms with Gasteiger partial charge in [-0.15, -0.1) is 0 Å². The van der Waals surface area contributed by atoms with E-state index in [1.807, 2.05) is 37.3 Å². The summed E-state index contributed by atoms with van der Waals surface area (Å²) in [5, 5.41) is 29.6. The lowest BCUT2D eigenvalue weighted by molar-refractivity contribution is -0.137. The highest BCUT2D eigenvalue weighted by Crippen LogP contribution is 2.42. The molecule has 0 spiro atoms. The quantitative estimate of drug-likeness (QED) is 0.232. The van der Waals surface area contributed by atoms with Crippen LogP contribution >= 0.6 is 15.9 Å². The fraction of sp³-hybridized carbons (Fsp3) is 0.609. The summed E-state index contributed by atoms with van der Waals surface area (Å²) in [6.07, 6.45) is 11.5. The third kappa shape index (κ3) is 7.75. The summed E-state index contributed by atoms with van der Waals surface area (Å²) in [7, 11) is 5.93. The zero-order valence-corrected chi connectivity index (χ0v) is 19.1. The first-order valence-electron chi connectivity index (χ1n) is 10.7. The highest BCUT2D eigenvalue weighted by Gasteiger charge is 2.39. The molecule has 30 heavy (non-hydrogen) atoms. The van der Waals surface area contributed by atoms with E-state index in [4.69, 9.17) is 17.4 Å². The fourth-order valence-corrected chi connectivity index (χ4v) is 4.48. The SMILES string of the molecule is [B]C[C@@H]1CC(O)[C@H](C/C=C\CCCC(=O)O)[C@H]1/C=C/[C@@H](O)CCc1cc(Br)c(C)o1. The van der Waals surface area contributed by atoms with Crippen molar-refractivity contribution in [3.8, 4) is 0 Å². The van der Waals surface area contributed by atoms with Crippen LogP contribution in [0.5, 0.6) is 0 Å². The summed E-state index contributed by atoms with van der Waals surface area (Å²) in [4.78, 5) is 10.6. The Morgan fingerprint density at radius 3 is 2.83 bits per heavy atom. The Bertz CT molecular complexity index is 710. The third-order valence-electron chi connectivity index (χ3n) is 5.87. The molecule has 1 aliphatic rings. The van der Waals surface area contributed by atoms with Crippen LogP contribution < -0.4 is 0 Å². The van der Waals surface area contributed by atoms with Crippen LogP contribution in [-0.4, -0.2) is 41.3 Å². The average Bonchev–Trinajstić information content (AvgIpc) is 3.19. The Hall–Kier alpha value is -1.31. The van der Waals surface area contributed by atoms with Gasteiger partial charge in [0.05, 0.1) is 24.5 Å². The van der Waals surface area contributed by atoms with Gasteiger partial charge in [0, 0.05) is 12.8 Å². The summed E-state index contributed by atoms with van der Waals surface area (Å²) in [6.45, 7) is 1.89. The minimum Gasteiger partial charge on any atom is -0.481 e. The molecule has 1 fully saturated rings. The average molecular weight is 479 g/mol. The summed E-state index contributed by atoms with van der Waals surface area (Å²) < 4.78 is 6.56. The van der Waals surface area contributed by atoms with E-state index in [9.17, 15) is 15.0 Å². The molecule has 0 amide bonds. The highest BCUT2D eigenvalue weighted by molar-refractivity contribution is 9.10. The van der Waals surface area contributed by atoms with Crippen molar-refractivity contribution in [2.24, 2.45) is 17.8 Å². The lowest BCUT2D eigenvalue weighted by Gasteiger charge is -2.21. The first-order valence-corrected chi connectivity index (χ1v) is 11.5. The van der Waals surface area contributed by atoms with Gasteiger partial charge in [-0.25, -0.2) is 0 Å². The van der Waals surface area contributed by atoms with Crippen LogP contribution in [0.25, 0.3) is 0 Å². The van der Waals surface area contributed by atoms with Crippen molar-refractivity contribution < 1.29 is 24.5 Å². The lowest BCUT2D eigenvalue weighted by atomic mass is 9.80. The molecule has 3 N–H and O–H groups in total. The molecule has 0 aromatic carbocycles. The molecule has 0 bridgehead atoms. The number of aliphatic hydroxyl groups is 2. The maximum atomic E-state index is 10.6. The summed E-state index contributed by atoms with van der Waals surface area (Å²) in [5.41, 5.74) is 0. The molecule has 1 heterocycles. The van der Waals surface area contributed by atoms with E-state index in [2.05, 4.69) is 15.9 Å². The Labute approximate surface area is 188 Å². The zero-order valence-electron chi connectivity index (χ0n) is 17.5. The number of furan rings is 1. The largest absolute Gasteiger partial charge is 0.481 e. The molecule has 5 atom stereocenters. The number of carboxylic acids is 1. The summed E-state index contributed by atoms with van der Waals surface area (Å²) in [5.74, 6) is 1.26. The number of aliphatic hydroxyl groups excluding tert-OH is 2. The van der Waals surface area contributed by atoms with Crippen molar-refractivity contribution in [2.45, 2.75) is 70.4 Å². The standard InChI is InChI=1S/C23H32BBrO5/c1-15-21(25)13-18(30-15)10-8-17(26)9-11-19-16(14-24)12-22(27)20(19)6-4-2-3-5-7-23(28)29/h2,4,9,11,13,16-17,19-20,22,26-27H,3,5-8,10,12,14H2,1H3,(H,28,29)/b4-2-,11-9+/t16-,17-,19-,20+,22?/m0/s1. The van der Waals surface area contributed by atoms with Gasteiger partial charge in [0.15, 0.2) is 0 Å². The van der Waals surface area contributed by atoms with Crippen LogP contribution in [0.2, 0.25) is 6.32 Å². The monoisotopic (exact) mass is 478 g/mol. The Morgan fingerprint density at radius 2 is 2.20 bits per heavy atom. The van der Waals surface area contributed by atoms with Crippen molar-refractivity contribution in [3.63, 3.8) is 0 Å². The zero-order chi connectivity index (χ0) is 22.1. The second-order valence-electron chi connectivity index (χ2n) is 8.14. The molecule has 0 aliphatic heterocycles. The van der Waals surface area contributed by atoms with E-state index in [0.29, 0.717) is 32.0 Å².